The minimum Gasteiger partial charge on any atom is -0.272 e. The molecule has 0 radical (unpaired) electrons. The highest BCUT2D eigenvalue weighted by atomic mass is 16.6. The number of hydrogen-bond donors (Lipinski definition) is 1. The van der Waals surface area contributed by atoms with E-state index in [4.69, 9.17) is 0 Å². The Morgan fingerprint density at radius 1 is 1.17 bits per heavy atom. The van der Waals surface area contributed by atoms with E-state index in [1.807, 2.05) is 35.2 Å². The lowest BCUT2D eigenvalue weighted by Crippen LogP contribution is -2.36. The molecule has 118 valence electrons. The van der Waals surface area contributed by atoms with Gasteiger partial charge in [-0.25, -0.2) is 0 Å². The third-order valence-electron chi connectivity index (χ3n) is 2.94. The number of aromatic nitrogens is 1. The van der Waals surface area contributed by atoms with Crippen LogP contribution in [-0.2, 0) is 6.54 Å². The Morgan fingerprint density at radius 3 is 2.48 bits per heavy atom. The third kappa shape index (κ3) is 4.30. The summed E-state index contributed by atoms with van der Waals surface area (Å²) in [5.74, 6) is 0. The SMILES string of the molecule is C/C(C[n+]1ccccc1)=N/Nc1ccc([N+](=O)[O-])cc1[N+](=O)[O-]. The Morgan fingerprint density at radius 2 is 1.87 bits per heavy atom. The number of benzene rings is 1. The van der Waals surface area contributed by atoms with E-state index >= 15 is 0 Å². The lowest BCUT2D eigenvalue weighted by Gasteiger charge is -2.03. The second kappa shape index (κ2) is 7.07. The second-order valence-corrected chi connectivity index (χ2v) is 4.72. The molecule has 0 aliphatic carbocycles. The summed E-state index contributed by atoms with van der Waals surface area (Å²) in [7, 11) is 0. The summed E-state index contributed by atoms with van der Waals surface area (Å²) in [6.07, 6.45) is 3.74. The fourth-order valence-corrected chi connectivity index (χ4v) is 1.87. The molecule has 1 aromatic carbocycles. The monoisotopic (exact) mass is 316 g/mol. The standard InChI is InChI=1S/C14H14N5O4/c1-11(10-17-7-3-2-4-8-17)15-16-13-6-5-12(18(20)21)9-14(13)19(22)23/h2-9,16H,10H2,1H3/q+1/b15-11-. The van der Waals surface area contributed by atoms with Gasteiger partial charge in [0.25, 0.3) is 5.69 Å². The van der Waals surface area contributed by atoms with Gasteiger partial charge in [0.15, 0.2) is 18.9 Å². The van der Waals surface area contributed by atoms with Crippen molar-refractivity contribution >= 4 is 22.8 Å². The van der Waals surface area contributed by atoms with Gasteiger partial charge in [0.2, 0.25) is 0 Å². The van der Waals surface area contributed by atoms with Crippen molar-refractivity contribution < 1.29 is 14.4 Å². The lowest BCUT2D eigenvalue weighted by atomic mass is 10.2. The number of pyridine rings is 1. The maximum atomic E-state index is 11.0. The number of hydrogen-bond acceptors (Lipinski definition) is 6. The minimum atomic E-state index is -0.688. The van der Waals surface area contributed by atoms with Crippen LogP contribution in [0.4, 0.5) is 17.1 Å². The number of non-ortho nitro benzene ring substituents is 1. The van der Waals surface area contributed by atoms with Crippen LogP contribution in [0.25, 0.3) is 0 Å². The fraction of sp³-hybridized carbons (Fsp3) is 0.143. The molecule has 0 fully saturated rings. The predicted octanol–water partition coefficient (Wildman–Crippen LogP) is 2.28. The molecule has 0 spiro atoms. The second-order valence-electron chi connectivity index (χ2n) is 4.72. The number of anilines is 1. The molecule has 0 aliphatic heterocycles. The molecule has 0 bridgehead atoms. The van der Waals surface area contributed by atoms with Gasteiger partial charge in [-0.15, -0.1) is 0 Å². The van der Waals surface area contributed by atoms with Gasteiger partial charge in [-0.1, -0.05) is 6.07 Å². The van der Waals surface area contributed by atoms with Crippen LogP contribution >= 0.6 is 0 Å². The molecule has 0 saturated heterocycles. The van der Waals surface area contributed by atoms with E-state index in [0.717, 1.165) is 6.07 Å². The van der Waals surface area contributed by atoms with Gasteiger partial charge >= 0.3 is 5.69 Å². The van der Waals surface area contributed by atoms with Crippen LogP contribution < -0.4 is 9.99 Å². The van der Waals surface area contributed by atoms with Crippen molar-refractivity contribution in [2.75, 3.05) is 5.43 Å². The molecular weight excluding hydrogens is 302 g/mol. The molecule has 1 aromatic heterocycles. The van der Waals surface area contributed by atoms with E-state index in [-0.39, 0.29) is 11.4 Å². The summed E-state index contributed by atoms with van der Waals surface area (Å²) in [5, 5.41) is 25.8. The molecule has 1 heterocycles. The first-order valence-electron chi connectivity index (χ1n) is 6.63. The Bertz CT molecular complexity index is 761. The largest absolute Gasteiger partial charge is 0.301 e. The summed E-state index contributed by atoms with van der Waals surface area (Å²) in [6, 6.07) is 9.00. The van der Waals surface area contributed by atoms with Crippen LogP contribution in [0.5, 0.6) is 0 Å². The molecule has 1 N–H and O–H groups in total. The van der Waals surface area contributed by atoms with Crippen molar-refractivity contribution in [2.24, 2.45) is 5.10 Å². The van der Waals surface area contributed by atoms with E-state index in [2.05, 4.69) is 10.5 Å². The van der Waals surface area contributed by atoms with Crippen molar-refractivity contribution in [2.45, 2.75) is 13.5 Å². The maximum Gasteiger partial charge on any atom is 0.301 e. The van der Waals surface area contributed by atoms with E-state index in [9.17, 15) is 20.2 Å². The molecule has 9 heteroatoms. The van der Waals surface area contributed by atoms with Gasteiger partial charge in [-0.3, -0.25) is 25.7 Å². The molecule has 0 atom stereocenters. The molecule has 0 unspecified atom stereocenters. The number of hydrazone groups is 1. The Labute approximate surface area is 131 Å². The molecule has 23 heavy (non-hydrogen) atoms. The zero-order valence-electron chi connectivity index (χ0n) is 12.2. The Hall–Kier alpha value is -3.36. The topological polar surface area (TPSA) is 115 Å². The Kier molecular flexibility index (Phi) is 4.92. The smallest absolute Gasteiger partial charge is 0.272 e. The highest BCUT2D eigenvalue weighted by Crippen LogP contribution is 2.28. The van der Waals surface area contributed by atoms with E-state index in [1.165, 1.54) is 12.1 Å². The molecule has 2 aromatic rings. The van der Waals surface area contributed by atoms with Crippen LogP contribution in [0, 0.1) is 20.2 Å². The first-order chi connectivity index (χ1) is 11.0. The predicted molar refractivity (Wildman–Crippen MR) is 83.1 cm³/mol. The fourth-order valence-electron chi connectivity index (χ4n) is 1.87. The summed E-state index contributed by atoms with van der Waals surface area (Å²) in [4.78, 5) is 20.3. The number of nitrogens with zero attached hydrogens (tertiary/aromatic N) is 4. The number of nitrogens with one attached hydrogen (secondary N) is 1. The van der Waals surface area contributed by atoms with Gasteiger partial charge in [0.05, 0.1) is 21.6 Å². The molecule has 0 amide bonds. The molecule has 9 nitrogen and oxygen atoms in total. The normalized spacial score (nSPS) is 11.1. The van der Waals surface area contributed by atoms with E-state index < -0.39 is 15.5 Å². The quantitative estimate of drug-likeness (QED) is 0.380. The summed E-state index contributed by atoms with van der Waals surface area (Å²) in [6.45, 7) is 2.28. The third-order valence-corrected chi connectivity index (χ3v) is 2.94. The molecule has 2 rings (SSSR count). The van der Waals surface area contributed by atoms with Gasteiger partial charge < -0.3 is 0 Å². The number of nitro groups is 2. The van der Waals surface area contributed by atoms with Gasteiger partial charge in [-0.05, 0) is 13.0 Å². The van der Waals surface area contributed by atoms with Crippen LogP contribution in [0.15, 0.2) is 53.9 Å². The van der Waals surface area contributed by atoms with Gasteiger partial charge in [-0.2, -0.15) is 9.67 Å². The van der Waals surface area contributed by atoms with Crippen molar-refractivity contribution in [3.8, 4) is 0 Å². The zero-order valence-corrected chi connectivity index (χ0v) is 12.2. The van der Waals surface area contributed by atoms with Crippen molar-refractivity contribution in [1.29, 1.82) is 0 Å². The average Bonchev–Trinajstić information content (AvgIpc) is 2.53. The highest BCUT2D eigenvalue weighted by Gasteiger charge is 2.19. The van der Waals surface area contributed by atoms with E-state index in [1.54, 1.807) is 6.92 Å². The molecule has 0 saturated carbocycles. The van der Waals surface area contributed by atoms with Crippen LogP contribution in [0.1, 0.15) is 6.92 Å². The first-order valence-corrected chi connectivity index (χ1v) is 6.63. The first kappa shape index (κ1) is 16.0. The van der Waals surface area contributed by atoms with Crippen LogP contribution in [0.2, 0.25) is 0 Å². The van der Waals surface area contributed by atoms with Crippen LogP contribution in [0.3, 0.4) is 0 Å². The maximum absolute atomic E-state index is 11.0. The number of nitro benzene ring substituents is 2. The summed E-state index contributed by atoms with van der Waals surface area (Å²) in [5.41, 5.74) is 2.63. The average molecular weight is 316 g/mol. The number of rotatable bonds is 6. The Balaban J connectivity index is 2.17. The summed E-state index contributed by atoms with van der Waals surface area (Å²) < 4.78 is 1.89. The highest BCUT2D eigenvalue weighted by molar-refractivity contribution is 5.81. The van der Waals surface area contributed by atoms with Crippen molar-refractivity contribution in [3.63, 3.8) is 0 Å². The zero-order chi connectivity index (χ0) is 16.8. The van der Waals surface area contributed by atoms with Crippen molar-refractivity contribution in [3.05, 3.63) is 69.0 Å². The van der Waals surface area contributed by atoms with Crippen LogP contribution in [-0.4, -0.2) is 15.6 Å². The minimum absolute atomic E-state index is 0.0954. The van der Waals surface area contributed by atoms with Gasteiger partial charge in [0, 0.05) is 18.2 Å². The molecule has 0 aliphatic rings. The van der Waals surface area contributed by atoms with Gasteiger partial charge in [0.1, 0.15) is 5.69 Å². The lowest BCUT2D eigenvalue weighted by molar-refractivity contribution is -0.682. The molecular formula is C14H14N5O4+. The summed E-state index contributed by atoms with van der Waals surface area (Å²) >= 11 is 0. The van der Waals surface area contributed by atoms with E-state index in [0.29, 0.717) is 12.3 Å². The van der Waals surface area contributed by atoms with Crippen molar-refractivity contribution in [1.82, 2.24) is 0 Å².